The molecule has 2 aromatic heterocycles. The molecule has 0 spiro atoms. The van der Waals surface area contributed by atoms with Crippen LogP contribution in [0.1, 0.15) is 17.1 Å². The fourth-order valence-corrected chi connectivity index (χ4v) is 2.57. The van der Waals surface area contributed by atoms with Gasteiger partial charge < -0.3 is 4.57 Å². The summed E-state index contributed by atoms with van der Waals surface area (Å²) < 4.78 is 2.08. The maximum atomic E-state index is 6.08. The number of aryl methyl sites for hydroxylation is 1. The molecule has 1 aromatic carbocycles. The molecule has 0 unspecified atom stereocenters. The van der Waals surface area contributed by atoms with E-state index in [1.54, 1.807) is 0 Å². The smallest absolute Gasteiger partial charge is 0.125 e. The SMILES string of the molecule is Cc1ccc(Cn2c(CCl)nc3ccc(Cl)cc32)cn1. The van der Waals surface area contributed by atoms with E-state index in [4.69, 9.17) is 23.2 Å². The first-order chi connectivity index (χ1) is 9.67. The molecule has 0 saturated carbocycles. The lowest BCUT2D eigenvalue weighted by Gasteiger charge is -2.08. The predicted molar refractivity (Wildman–Crippen MR) is 82.4 cm³/mol. The van der Waals surface area contributed by atoms with Crippen molar-refractivity contribution in [1.29, 1.82) is 0 Å². The minimum Gasteiger partial charge on any atom is -0.322 e. The topological polar surface area (TPSA) is 30.7 Å². The van der Waals surface area contributed by atoms with Crippen LogP contribution in [-0.4, -0.2) is 14.5 Å². The number of hydrogen-bond donors (Lipinski definition) is 0. The summed E-state index contributed by atoms with van der Waals surface area (Å²) in [6, 6.07) is 9.74. The number of nitrogens with zero attached hydrogens (tertiary/aromatic N) is 3. The van der Waals surface area contributed by atoms with E-state index in [9.17, 15) is 0 Å². The summed E-state index contributed by atoms with van der Waals surface area (Å²) in [6.07, 6.45) is 1.88. The number of rotatable bonds is 3. The van der Waals surface area contributed by atoms with Crippen LogP contribution in [0.3, 0.4) is 0 Å². The summed E-state index contributed by atoms with van der Waals surface area (Å²) in [5.74, 6) is 1.20. The summed E-state index contributed by atoms with van der Waals surface area (Å²) in [5, 5.41) is 0.696. The maximum absolute atomic E-state index is 6.08. The van der Waals surface area contributed by atoms with Crippen molar-refractivity contribution in [2.45, 2.75) is 19.3 Å². The van der Waals surface area contributed by atoms with Crippen LogP contribution in [-0.2, 0) is 12.4 Å². The summed E-state index contributed by atoms with van der Waals surface area (Å²) >= 11 is 12.1. The van der Waals surface area contributed by atoms with Gasteiger partial charge in [0.1, 0.15) is 5.82 Å². The van der Waals surface area contributed by atoms with Crippen LogP contribution in [0.2, 0.25) is 5.02 Å². The van der Waals surface area contributed by atoms with E-state index in [-0.39, 0.29) is 0 Å². The molecule has 20 heavy (non-hydrogen) atoms. The second-order valence-corrected chi connectivity index (χ2v) is 5.39. The van der Waals surface area contributed by atoms with Gasteiger partial charge in [0.05, 0.1) is 23.5 Å². The van der Waals surface area contributed by atoms with Gasteiger partial charge >= 0.3 is 0 Å². The molecule has 3 rings (SSSR count). The van der Waals surface area contributed by atoms with E-state index < -0.39 is 0 Å². The molecule has 0 bridgehead atoms. The highest BCUT2D eigenvalue weighted by Gasteiger charge is 2.11. The Bertz CT molecular complexity index is 748. The average molecular weight is 306 g/mol. The van der Waals surface area contributed by atoms with Crippen molar-refractivity contribution in [2.75, 3.05) is 0 Å². The van der Waals surface area contributed by atoms with E-state index in [0.717, 1.165) is 28.1 Å². The second-order valence-electron chi connectivity index (χ2n) is 4.69. The molecule has 0 atom stereocenters. The second kappa shape index (κ2) is 5.43. The first-order valence-electron chi connectivity index (χ1n) is 6.29. The molecule has 0 aliphatic carbocycles. The van der Waals surface area contributed by atoms with Gasteiger partial charge in [-0.05, 0) is 36.8 Å². The normalized spacial score (nSPS) is 11.2. The summed E-state index contributed by atoms with van der Waals surface area (Å²) in [5.41, 5.74) is 4.02. The van der Waals surface area contributed by atoms with Crippen molar-refractivity contribution < 1.29 is 0 Å². The van der Waals surface area contributed by atoms with Crippen molar-refractivity contribution in [3.8, 4) is 0 Å². The molecule has 2 heterocycles. The lowest BCUT2D eigenvalue weighted by molar-refractivity contribution is 0.774. The van der Waals surface area contributed by atoms with Gasteiger partial charge in [-0.1, -0.05) is 17.7 Å². The molecule has 0 N–H and O–H groups in total. The Morgan fingerprint density at radius 2 is 2.05 bits per heavy atom. The van der Waals surface area contributed by atoms with Gasteiger partial charge in [-0.15, -0.1) is 11.6 Å². The van der Waals surface area contributed by atoms with Gasteiger partial charge in [-0.3, -0.25) is 4.98 Å². The van der Waals surface area contributed by atoms with Crippen LogP contribution in [0.15, 0.2) is 36.5 Å². The van der Waals surface area contributed by atoms with Crippen molar-refractivity contribution in [3.63, 3.8) is 0 Å². The van der Waals surface area contributed by atoms with E-state index in [1.165, 1.54) is 0 Å². The zero-order chi connectivity index (χ0) is 14.1. The quantitative estimate of drug-likeness (QED) is 0.680. The number of imidazole rings is 1. The third-order valence-electron chi connectivity index (χ3n) is 3.22. The standard InChI is InChI=1S/C15H13Cl2N3/c1-10-2-3-11(8-18-10)9-20-14-6-12(17)4-5-13(14)19-15(20)7-16/h2-6,8H,7,9H2,1H3. The van der Waals surface area contributed by atoms with Gasteiger partial charge in [-0.25, -0.2) is 4.98 Å². The molecule has 102 valence electrons. The highest BCUT2D eigenvalue weighted by molar-refractivity contribution is 6.31. The summed E-state index contributed by atoms with van der Waals surface area (Å²) in [6.45, 7) is 2.66. The number of benzene rings is 1. The van der Waals surface area contributed by atoms with Crippen molar-refractivity contribution >= 4 is 34.2 Å². The van der Waals surface area contributed by atoms with Crippen LogP contribution >= 0.6 is 23.2 Å². The molecular formula is C15H13Cl2N3. The largest absolute Gasteiger partial charge is 0.322 e. The van der Waals surface area contributed by atoms with Crippen molar-refractivity contribution in [1.82, 2.24) is 14.5 Å². The Balaban J connectivity index is 2.08. The molecule has 3 nitrogen and oxygen atoms in total. The number of alkyl halides is 1. The predicted octanol–water partition coefficient (Wildman–Crippen LogP) is 4.18. The lowest BCUT2D eigenvalue weighted by Crippen LogP contribution is -2.04. The lowest BCUT2D eigenvalue weighted by atomic mass is 10.2. The number of aromatic nitrogens is 3. The molecule has 0 amide bonds. The number of halogens is 2. The Morgan fingerprint density at radius 1 is 1.20 bits per heavy atom. The molecule has 0 saturated heterocycles. The fraction of sp³-hybridized carbons (Fsp3) is 0.200. The van der Waals surface area contributed by atoms with E-state index in [2.05, 4.69) is 20.6 Å². The monoisotopic (exact) mass is 305 g/mol. The molecule has 3 aromatic rings. The van der Waals surface area contributed by atoms with Crippen LogP contribution in [0.4, 0.5) is 0 Å². The molecule has 5 heteroatoms. The van der Waals surface area contributed by atoms with E-state index in [0.29, 0.717) is 17.4 Å². The first kappa shape index (κ1) is 13.4. The highest BCUT2D eigenvalue weighted by Crippen LogP contribution is 2.22. The number of hydrogen-bond acceptors (Lipinski definition) is 2. The maximum Gasteiger partial charge on any atom is 0.125 e. The zero-order valence-electron chi connectivity index (χ0n) is 11.0. The minimum atomic E-state index is 0.367. The third kappa shape index (κ3) is 2.51. The Labute approximate surface area is 127 Å². The van der Waals surface area contributed by atoms with Crippen LogP contribution in [0, 0.1) is 6.92 Å². The van der Waals surface area contributed by atoms with Crippen LogP contribution in [0.25, 0.3) is 11.0 Å². The van der Waals surface area contributed by atoms with Crippen LogP contribution < -0.4 is 0 Å². The van der Waals surface area contributed by atoms with Crippen molar-refractivity contribution in [2.24, 2.45) is 0 Å². The fourth-order valence-electron chi connectivity index (χ4n) is 2.20. The van der Waals surface area contributed by atoms with Gasteiger partial charge in [0.25, 0.3) is 0 Å². The van der Waals surface area contributed by atoms with Gasteiger partial charge in [0, 0.05) is 16.9 Å². The Morgan fingerprint density at radius 3 is 2.75 bits per heavy atom. The first-order valence-corrected chi connectivity index (χ1v) is 7.21. The molecule has 0 aliphatic heterocycles. The van der Waals surface area contributed by atoms with E-state index >= 15 is 0 Å². The molecule has 0 aliphatic rings. The third-order valence-corrected chi connectivity index (χ3v) is 3.70. The summed E-state index contributed by atoms with van der Waals surface area (Å²) in [7, 11) is 0. The van der Waals surface area contributed by atoms with E-state index in [1.807, 2.05) is 37.4 Å². The van der Waals surface area contributed by atoms with Gasteiger partial charge in [0.15, 0.2) is 0 Å². The summed E-state index contributed by atoms with van der Waals surface area (Å²) in [4.78, 5) is 8.86. The average Bonchev–Trinajstić information content (AvgIpc) is 2.79. The van der Waals surface area contributed by atoms with Gasteiger partial charge in [-0.2, -0.15) is 0 Å². The number of pyridine rings is 1. The molecule has 0 radical (unpaired) electrons. The van der Waals surface area contributed by atoms with Crippen molar-refractivity contribution in [3.05, 3.63) is 58.6 Å². The van der Waals surface area contributed by atoms with Gasteiger partial charge in [0.2, 0.25) is 0 Å². The zero-order valence-corrected chi connectivity index (χ0v) is 12.5. The Hall–Kier alpha value is -1.58. The molecular weight excluding hydrogens is 293 g/mol. The molecule has 0 fully saturated rings. The number of fused-ring (bicyclic) bond motifs is 1. The highest BCUT2D eigenvalue weighted by atomic mass is 35.5. The van der Waals surface area contributed by atoms with Crippen LogP contribution in [0.5, 0.6) is 0 Å². The minimum absolute atomic E-state index is 0.367. The Kier molecular flexibility index (Phi) is 3.64.